The molecule has 1 N–H and O–H groups in total. The topological polar surface area (TPSA) is 64.0 Å². The van der Waals surface area contributed by atoms with Gasteiger partial charge in [-0.3, -0.25) is 14.9 Å². The highest BCUT2D eigenvalue weighted by Crippen LogP contribution is 2.28. The summed E-state index contributed by atoms with van der Waals surface area (Å²) in [6.07, 6.45) is 1.57. The normalized spacial score (nSPS) is 10.5. The summed E-state index contributed by atoms with van der Waals surface area (Å²) < 4.78 is 1.41. The van der Waals surface area contributed by atoms with Gasteiger partial charge in [-0.25, -0.2) is 4.98 Å². The summed E-state index contributed by atoms with van der Waals surface area (Å²) in [7, 11) is 1.64. The number of pyridine rings is 1. The maximum absolute atomic E-state index is 12.1. The molecule has 0 atom stereocenters. The molecule has 0 spiro atoms. The first kappa shape index (κ1) is 13.7. The lowest BCUT2D eigenvalue weighted by Gasteiger charge is -2.02. The Morgan fingerprint density at radius 2 is 2.19 bits per heavy atom. The van der Waals surface area contributed by atoms with Crippen molar-refractivity contribution >= 4 is 33.7 Å². The highest BCUT2D eigenvalue weighted by molar-refractivity contribution is 7.16. The minimum Gasteiger partial charge on any atom is -0.319 e. The first-order valence-electron chi connectivity index (χ1n) is 6.11. The number of carbonyl (C=O) groups excluding carboxylic acids is 1. The van der Waals surface area contributed by atoms with Crippen molar-refractivity contribution in [3.63, 3.8) is 0 Å². The van der Waals surface area contributed by atoms with Crippen LogP contribution in [0.15, 0.2) is 46.0 Å². The van der Waals surface area contributed by atoms with Gasteiger partial charge in [0.15, 0.2) is 5.13 Å². The molecular weight excluding hydrogens is 306 g/mol. The van der Waals surface area contributed by atoms with Crippen LogP contribution in [0.1, 0.15) is 10.4 Å². The van der Waals surface area contributed by atoms with Crippen molar-refractivity contribution in [1.29, 1.82) is 0 Å². The smallest absolute Gasteiger partial charge is 0.257 e. The van der Waals surface area contributed by atoms with Crippen LogP contribution in [0.5, 0.6) is 0 Å². The zero-order valence-corrected chi connectivity index (χ0v) is 12.7. The van der Waals surface area contributed by atoms with Crippen LogP contribution in [0.25, 0.3) is 10.6 Å². The molecule has 106 valence electrons. The first-order valence-corrected chi connectivity index (χ1v) is 7.87. The molecule has 3 heterocycles. The predicted octanol–water partition coefficient (Wildman–Crippen LogP) is 2.82. The fraction of sp³-hybridized carbons (Fsp3) is 0.0714. The van der Waals surface area contributed by atoms with E-state index in [1.54, 1.807) is 30.6 Å². The van der Waals surface area contributed by atoms with Crippen LogP contribution in [0.2, 0.25) is 0 Å². The van der Waals surface area contributed by atoms with E-state index in [9.17, 15) is 9.59 Å². The van der Waals surface area contributed by atoms with Crippen molar-refractivity contribution in [1.82, 2.24) is 9.55 Å². The van der Waals surface area contributed by atoms with Gasteiger partial charge in [-0.05, 0) is 17.5 Å². The first-order chi connectivity index (χ1) is 10.1. The molecule has 0 unspecified atom stereocenters. The Labute approximate surface area is 128 Å². The lowest BCUT2D eigenvalue weighted by atomic mass is 10.2. The molecule has 7 heteroatoms. The zero-order valence-electron chi connectivity index (χ0n) is 11.1. The van der Waals surface area contributed by atoms with Crippen molar-refractivity contribution in [3.05, 3.63) is 57.1 Å². The van der Waals surface area contributed by atoms with Gasteiger partial charge in [0, 0.05) is 30.3 Å². The quantitative estimate of drug-likeness (QED) is 0.808. The van der Waals surface area contributed by atoms with Crippen molar-refractivity contribution in [3.8, 4) is 10.6 Å². The number of aryl methyl sites for hydroxylation is 1. The molecule has 0 aliphatic rings. The average molecular weight is 317 g/mol. The second-order valence-corrected chi connectivity index (χ2v) is 6.14. The summed E-state index contributed by atoms with van der Waals surface area (Å²) in [6.45, 7) is 0. The molecule has 1 amide bonds. The molecular formula is C14H11N3O2S2. The molecule has 3 aromatic rings. The lowest BCUT2D eigenvalue weighted by molar-refractivity contribution is 0.102. The third-order valence-electron chi connectivity index (χ3n) is 2.86. The van der Waals surface area contributed by atoms with E-state index in [4.69, 9.17) is 0 Å². The standard InChI is InChI=1S/C14H11N3O2S2/c1-17-5-4-9(7-12(17)18)13(19)16-14-15-10(8-21-14)11-3-2-6-20-11/h2-8H,1H3,(H,15,16,19). The van der Waals surface area contributed by atoms with Gasteiger partial charge < -0.3 is 4.57 Å². The fourth-order valence-corrected chi connectivity index (χ4v) is 3.19. The highest BCUT2D eigenvalue weighted by atomic mass is 32.1. The lowest BCUT2D eigenvalue weighted by Crippen LogP contribution is -2.19. The van der Waals surface area contributed by atoms with Crippen LogP contribution < -0.4 is 10.9 Å². The van der Waals surface area contributed by atoms with Crippen LogP contribution >= 0.6 is 22.7 Å². The third-order valence-corrected chi connectivity index (χ3v) is 4.51. The minimum atomic E-state index is -0.334. The Morgan fingerprint density at radius 3 is 2.90 bits per heavy atom. The summed E-state index contributed by atoms with van der Waals surface area (Å²) in [4.78, 5) is 29.0. The molecule has 5 nitrogen and oxygen atoms in total. The molecule has 0 saturated carbocycles. The van der Waals surface area contributed by atoms with Gasteiger partial charge in [-0.15, -0.1) is 22.7 Å². The van der Waals surface area contributed by atoms with Crippen LogP contribution in [0.4, 0.5) is 5.13 Å². The van der Waals surface area contributed by atoms with Gasteiger partial charge in [0.1, 0.15) is 0 Å². The monoisotopic (exact) mass is 317 g/mol. The van der Waals surface area contributed by atoms with Crippen LogP contribution in [-0.2, 0) is 7.05 Å². The molecule has 0 aliphatic carbocycles. The van der Waals surface area contributed by atoms with E-state index < -0.39 is 0 Å². The maximum atomic E-state index is 12.1. The number of hydrogen-bond acceptors (Lipinski definition) is 5. The molecule has 0 radical (unpaired) electrons. The van der Waals surface area contributed by atoms with Gasteiger partial charge in [0.05, 0.1) is 10.6 Å². The Hall–Kier alpha value is -2.25. The van der Waals surface area contributed by atoms with E-state index in [2.05, 4.69) is 10.3 Å². The summed E-state index contributed by atoms with van der Waals surface area (Å²) >= 11 is 2.95. The number of amides is 1. The van der Waals surface area contributed by atoms with Gasteiger partial charge in [-0.2, -0.15) is 0 Å². The SMILES string of the molecule is Cn1ccc(C(=O)Nc2nc(-c3cccs3)cs2)cc1=O. The summed E-state index contributed by atoms with van der Waals surface area (Å²) in [5.74, 6) is -0.334. The van der Waals surface area contributed by atoms with E-state index in [0.29, 0.717) is 10.7 Å². The molecule has 0 fully saturated rings. The Balaban J connectivity index is 1.78. The molecule has 0 saturated heterocycles. The average Bonchev–Trinajstić information content (AvgIpc) is 3.12. The Bertz CT molecular complexity index is 834. The van der Waals surface area contributed by atoms with Crippen molar-refractivity contribution in [2.75, 3.05) is 5.32 Å². The summed E-state index contributed by atoms with van der Waals surface area (Å²) in [5.41, 5.74) is 0.946. The molecule has 0 aliphatic heterocycles. The van der Waals surface area contributed by atoms with Crippen molar-refractivity contribution in [2.45, 2.75) is 0 Å². The summed E-state index contributed by atoms with van der Waals surface area (Å²) in [6, 6.07) is 6.84. The van der Waals surface area contributed by atoms with Gasteiger partial charge in [0.2, 0.25) is 0 Å². The zero-order chi connectivity index (χ0) is 14.8. The molecule has 0 aromatic carbocycles. The number of thiophene rings is 1. The van der Waals surface area contributed by atoms with E-state index >= 15 is 0 Å². The number of anilines is 1. The maximum Gasteiger partial charge on any atom is 0.257 e. The number of nitrogens with one attached hydrogen (secondary N) is 1. The minimum absolute atomic E-state index is 0.221. The van der Waals surface area contributed by atoms with Crippen molar-refractivity contribution in [2.24, 2.45) is 7.05 Å². The molecule has 3 rings (SSSR count). The van der Waals surface area contributed by atoms with E-state index in [1.807, 2.05) is 22.9 Å². The molecule has 0 bridgehead atoms. The number of hydrogen-bond donors (Lipinski definition) is 1. The Kier molecular flexibility index (Phi) is 3.68. The number of thiazole rings is 1. The number of nitrogens with zero attached hydrogens (tertiary/aromatic N) is 2. The predicted molar refractivity (Wildman–Crippen MR) is 85.1 cm³/mol. The number of rotatable bonds is 3. The number of aromatic nitrogens is 2. The van der Waals surface area contributed by atoms with E-state index in [1.165, 1.54) is 22.0 Å². The van der Waals surface area contributed by atoms with Crippen molar-refractivity contribution < 1.29 is 4.79 Å². The second kappa shape index (κ2) is 5.63. The van der Waals surface area contributed by atoms with Crippen LogP contribution in [-0.4, -0.2) is 15.5 Å². The Morgan fingerprint density at radius 1 is 1.33 bits per heavy atom. The van der Waals surface area contributed by atoms with Gasteiger partial charge in [-0.1, -0.05) is 6.07 Å². The highest BCUT2D eigenvalue weighted by Gasteiger charge is 2.11. The van der Waals surface area contributed by atoms with Gasteiger partial charge in [0.25, 0.3) is 11.5 Å². The van der Waals surface area contributed by atoms with E-state index in [0.717, 1.165) is 10.6 Å². The van der Waals surface area contributed by atoms with Crippen LogP contribution in [0, 0.1) is 0 Å². The summed E-state index contributed by atoms with van der Waals surface area (Å²) in [5, 5.41) is 7.10. The number of carbonyl (C=O) groups is 1. The van der Waals surface area contributed by atoms with Gasteiger partial charge >= 0.3 is 0 Å². The third kappa shape index (κ3) is 2.93. The fourth-order valence-electron chi connectivity index (χ4n) is 1.73. The second-order valence-electron chi connectivity index (χ2n) is 4.33. The molecule has 3 aromatic heterocycles. The van der Waals surface area contributed by atoms with Crippen LogP contribution in [0.3, 0.4) is 0 Å². The molecule has 21 heavy (non-hydrogen) atoms. The van der Waals surface area contributed by atoms with E-state index in [-0.39, 0.29) is 11.5 Å². The largest absolute Gasteiger partial charge is 0.319 e.